The highest BCUT2D eigenvalue weighted by atomic mass is 35.5. The Bertz CT molecular complexity index is 1160. The van der Waals surface area contributed by atoms with E-state index in [1.165, 1.54) is 23.8 Å². The third-order valence-corrected chi connectivity index (χ3v) is 5.73. The van der Waals surface area contributed by atoms with Crippen molar-refractivity contribution < 1.29 is 4.92 Å². The maximum absolute atomic E-state index is 11.3. The lowest BCUT2D eigenvalue weighted by Crippen LogP contribution is -2.17. The molecule has 3 aromatic rings. The molecule has 0 spiro atoms. The number of benzene rings is 2. The number of pyridine rings is 1. The van der Waals surface area contributed by atoms with Crippen molar-refractivity contribution in [2.75, 3.05) is 5.73 Å². The number of hydrogen-bond acceptors (Lipinski definition) is 5. The van der Waals surface area contributed by atoms with Crippen LogP contribution in [0.3, 0.4) is 0 Å². The number of nitrogens with two attached hydrogens (primary N) is 1. The summed E-state index contributed by atoms with van der Waals surface area (Å²) in [5.74, 6) is 0.388. The molecule has 1 aromatic heterocycles. The first-order valence-electron chi connectivity index (χ1n) is 9.20. The molecule has 1 heterocycles. The molecule has 0 bridgehead atoms. The standard InChI is InChI=1S/C22H17ClN4O2/c23-19-8-7-15(27(28)29)11-16(19)21-17-10-14(13-4-2-1-3-5-13)6-9-20(17)26-22(25)18(21)12-24/h1-5,7-8,11,14H,6,9-10H2,(H2,25,26). The smallest absolute Gasteiger partial charge is 0.270 e. The fourth-order valence-electron chi connectivity index (χ4n) is 4.02. The molecule has 7 heteroatoms. The highest BCUT2D eigenvalue weighted by Gasteiger charge is 2.28. The molecule has 0 saturated heterocycles. The third kappa shape index (κ3) is 3.41. The van der Waals surface area contributed by atoms with Gasteiger partial charge in [0.1, 0.15) is 17.5 Å². The van der Waals surface area contributed by atoms with E-state index in [4.69, 9.17) is 17.3 Å². The van der Waals surface area contributed by atoms with E-state index in [-0.39, 0.29) is 23.0 Å². The van der Waals surface area contributed by atoms with Gasteiger partial charge in [0.05, 0.1) is 4.92 Å². The van der Waals surface area contributed by atoms with Crippen LogP contribution in [0.5, 0.6) is 0 Å². The Morgan fingerprint density at radius 3 is 2.69 bits per heavy atom. The Balaban J connectivity index is 1.93. The van der Waals surface area contributed by atoms with E-state index in [0.717, 1.165) is 17.7 Å². The van der Waals surface area contributed by atoms with E-state index in [1.807, 2.05) is 18.2 Å². The summed E-state index contributed by atoms with van der Waals surface area (Å²) in [5.41, 5.74) is 10.1. The molecule has 6 nitrogen and oxygen atoms in total. The lowest BCUT2D eigenvalue weighted by molar-refractivity contribution is -0.384. The highest BCUT2D eigenvalue weighted by molar-refractivity contribution is 6.33. The van der Waals surface area contributed by atoms with Gasteiger partial charge < -0.3 is 5.73 Å². The van der Waals surface area contributed by atoms with E-state index >= 15 is 0 Å². The number of fused-ring (bicyclic) bond motifs is 1. The van der Waals surface area contributed by atoms with Crippen molar-refractivity contribution in [3.8, 4) is 17.2 Å². The number of non-ortho nitro benzene ring substituents is 1. The molecule has 2 N–H and O–H groups in total. The second-order valence-electron chi connectivity index (χ2n) is 7.06. The SMILES string of the molecule is N#Cc1c(N)nc2c(c1-c1cc([N+](=O)[O-])ccc1Cl)CC(c1ccccc1)CC2. The molecule has 0 fully saturated rings. The molecule has 2 aromatic carbocycles. The van der Waals surface area contributed by atoms with Gasteiger partial charge in [0.25, 0.3) is 5.69 Å². The number of rotatable bonds is 3. The van der Waals surface area contributed by atoms with Gasteiger partial charge in [-0.25, -0.2) is 4.98 Å². The summed E-state index contributed by atoms with van der Waals surface area (Å²) in [4.78, 5) is 15.3. The van der Waals surface area contributed by atoms with Crippen molar-refractivity contribution in [3.05, 3.63) is 86.1 Å². The molecule has 1 unspecified atom stereocenters. The predicted molar refractivity (Wildman–Crippen MR) is 112 cm³/mol. The van der Waals surface area contributed by atoms with Crippen LogP contribution in [0.2, 0.25) is 5.02 Å². The van der Waals surface area contributed by atoms with Crippen molar-refractivity contribution >= 4 is 23.1 Å². The van der Waals surface area contributed by atoms with Gasteiger partial charge in [-0.15, -0.1) is 0 Å². The number of nitro groups is 1. The summed E-state index contributed by atoms with van der Waals surface area (Å²) >= 11 is 6.42. The van der Waals surface area contributed by atoms with Gasteiger partial charge in [-0.3, -0.25) is 10.1 Å². The van der Waals surface area contributed by atoms with Crippen LogP contribution in [0, 0.1) is 21.4 Å². The lowest BCUT2D eigenvalue weighted by Gasteiger charge is -2.27. The van der Waals surface area contributed by atoms with Crippen molar-refractivity contribution in [2.45, 2.75) is 25.2 Å². The minimum absolute atomic E-state index is 0.0900. The molecule has 0 saturated carbocycles. The Labute approximate surface area is 172 Å². The highest BCUT2D eigenvalue weighted by Crippen LogP contribution is 2.43. The van der Waals surface area contributed by atoms with Crippen molar-refractivity contribution in [3.63, 3.8) is 0 Å². The van der Waals surface area contributed by atoms with Gasteiger partial charge in [0.15, 0.2) is 0 Å². The summed E-state index contributed by atoms with van der Waals surface area (Å²) in [7, 11) is 0. The van der Waals surface area contributed by atoms with E-state index in [2.05, 4.69) is 23.2 Å². The summed E-state index contributed by atoms with van der Waals surface area (Å²) in [5, 5.41) is 21.4. The fourth-order valence-corrected chi connectivity index (χ4v) is 4.23. The van der Waals surface area contributed by atoms with Crippen LogP contribution in [0.15, 0.2) is 48.5 Å². The van der Waals surface area contributed by atoms with Crippen LogP contribution in [0.4, 0.5) is 11.5 Å². The zero-order valence-corrected chi connectivity index (χ0v) is 16.2. The molecule has 29 heavy (non-hydrogen) atoms. The van der Waals surface area contributed by atoms with Crippen LogP contribution < -0.4 is 5.73 Å². The number of halogens is 1. The summed E-state index contributed by atoms with van der Waals surface area (Å²) in [6, 6.07) is 16.5. The molecular weight excluding hydrogens is 388 g/mol. The Morgan fingerprint density at radius 2 is 2.00 bits per heavy atom. The number of aryl methyl sites for hydroxylation is 1. The fraction of sp³-hybridized carbons (Fsp3) is 0.182. The second-order valence-corrected chi connectivity index (χ2v) is 7.46. The summed E-state index contributed by atoms with van der Waals surface area (Å²) < 4.78 is 0. The number of nitrogen functional groups attached to an aromatic ring is 1. The summed E-state index contributed by atoms with van der Waals surface area (Å²) in [6.07, 6.45) is 2.29. The van der Waals surface area contributed by atoms with Crippen molar-refractivity contribution in [1.29, 1.82) is 5.26 Å². The first kappa shape index (κ1) is 18.9. The van der Waals surface area contributed by atoms with Gasteiger partial charge in [-0.2, -0.15) is 5.26 Å². The Hall–Kier alpha value is -3.43. The van der Waals surface area contributed by atoms with Gasteiger partial charge in [0.2, 0.25) is 0 Å². The quantitative estimate of drug-likeness (QED) is 0.486. The van der Waals surface area contributed by atoms with E-state index in [0.29, 0.717) is 29.0 Å². The van der Waals surface area contributed by atoms with Crippen LogP contribution in [0.1, 0.15) is 34.7 Å². The van der Waals surface area contributed by atoms with Crippen LogP contribution >= 0.6 is 11.6 Å². The number of nitrogens with zero attached hydrogens (tertiary/aromatic N) is 3. The average Bonchev–Trinajstić information content (AvgIpc) is 2.73. The molecular formula is C22H17ClN4O2. The lowest BCUT2D eigenvalue weighted by atomic mass is 9.78. The van der Waals surface area contributed by atoms with Crippen molar-refractivity contribution in [1.82, 2.24) is 4.98 Å². The molecule has 0 amide bonds. The van der Waals surface area contributed by atoms with Gasteiger partial charge >= 0.3 is 0 Å². The molecule has 0 radical (unpaired) electrons. The largest absolute Gasteiger partial charge is 0.383 e. The molecule has 1 aliphatic rings. The van der Waals surface area contributed by atoms with Crippen molar-refractivity contribution in [2.24, 2.45) is 0 Å². The number of aromatic nitrogens is 1. The number of nitro benzene ring substituents is 1. The first-order valence-corrected chi connectivity index (χ1v) is 9.58. The van der Waals surface area contributed by atoms with Crippen LogP contribution in [-0.2, 0) is 12.8 Å². The number of hydrogen-bond donors (Lipinski definition) is 1. The molecule has 0 aliphatic heterocycles. The monoisotopic (exact) mass is 404 g/mol. The minimum Gasteiger partial charge on any atom is -0.383 e. The zero-order valence-electron chi connectivity index (χ0n) is 15.4. The first-order chi connectivity index (χ1) is 14.0. The third-order valence-electron chi connectivity index (χ3n) is 5.40. The Morgan fingerprint density at radius 1 is 1.24 bits per heavy atom. The van der Waals surface area contributed by atoms with Crippen LogP contribution in [-0.4, -0.2) is 9.91 Å². The predicted octanol–water partition coefficient (Wildman–Crippen LogP) is 5.04. The van der Waals surface area contributed by atoms with Gasteiger partial charge in [-0.05, 0) is 42.4 Å². The molecule has 1 aliphatic carbocycles. The van der Waals surface area contributed by atoms with Gasteiger partial charge in [-0.1, -0.05) is 41.9 Å². The molecule has 144 valence electrons. The number of nitriles is 1. The average molecular weight is 405 g/mol. The zero-order chi connectivity index (χ0) is 20.5. The Kier molecular flexibility index (Phi) is 4.91. The number of anilines is 1. The van der Waals surface area contributed by atoms with Gasteiger partial charge in [0, 0.05) is 34.0 Å². The summed E-state index contributed by atoms with van der Waals surface area (Å²) in [6.45, 7) is 0. The topological polar surface area (TPSA) is 106 Å². The van der Waals surface area contributed by atoms with E-state index < -0.39 is 4.92 Å². The molecule has 1 atom stereocenters. The maximum atomic E-state index is 11.3. The maximum Gasteiger partial charge on any atom is 0.270 e. The minimum atomic E-state index is -0.477. The van der Waals surface area contributed by atoms with Crippen LogP contribution in [0.25, 0.3) is 11.1 Å². The van der Waals surface area contributed by atoms with E-state index in [9.17, 15) is 15.4 Å². The second kappa shape index (κ2) is 7.53. The molecule has 4 rings (SSSR count). The normalized spacial score (nSPS) is 15.4. The van der Waals surface area contributed by atoms with E-state index in [1.54, 1.807) is 0 Å².